The average molecular weight is 543 g/mol. The predicted octanol–water partition coefficient (Wildman–Crippen LogP) is 7.38. The molecule has 0 saturated heterocycles. The minimum absolute atomic E-state index is 0.159. The lowest BCUT2D eigenvalue weighted by atomic mass is 10.0. The van der Waals surface area contributed by atoms with E-state index >= 15 is 0 Å². The molecule has 194 valence electrons. The monoisotopic (exact) mass is 542 g/mol. The number of methoxy groups -OCH3 is 1. The lowest BCUT2D eigenvalue weighted by molar-refractivity contribution is 0.103. The molecular weight excluding hydrogens is 512 g/mol. The second-order valence-corrected chi connectivity index (χ2v) is 10.8. The number of hydrogen-bond acceptors (Lipinski definition) is 7. The minimum Gasteiger partial charge on any atom is -0.495 e. The van der Waals surface area contributed by atoms with Gasteiger partial charge in [0.2, 0.25) is 0 Å². The topological polar surface area (TPSA) is 80.5 Å². The molecule has 5 rings (SSSR count). The molecule has 38 heavy (non-hydrogen) atoms. The van der Waals surface area contributed by atoms with E-state index in [0.29, 0.717) is 22.1 Å². The van der Waals surface area contributed by atoms with Gasteiger partial charge in [0.1, 0.15) is 11.6 Å². The van der Waals surface area contributed by atoms with Crippen LogP contribution in [-0.4, -0.2) is 42.5 Å². The second kappa shape index (κ2) is 11.3. The fourth-order valence-electron chi connectivity index (χ4n) is 4.47. The fourth-order valence-corrected chi connectivity index (χ4v) is 6.51. The molecule has 0 aliphatic rings. The molecule has 0 aliphatic heterocycles. The Kier molecular flexibility index (Phi) is 7.74. The largest absolute Gasteiger partial charge is 0.495 e. The summed E-state index contributed by atoms with van der Waals surface area (Å²) in [5, 5.41) is 7.11. The average Bonchev–Trinajstić information content (AvgIpc) is 3.58. The van der Waals surface area contributed by atoms with Gasteiger partial charge in [0, 0.05) is 38.7 Å². The van der Waals surface area contributed by atoms with E-state index in [1.54, 1.807) is 18.4 Å². The number of carbonyl (C=O) groups is 1. The Hall–Kier alpha value is -3.72. The molecule has 0 bridgehead atoms. The summed E-state index contributed by atoms with van der Waals surface area (Å²) in [6, 6.07) is 15.7. The van der Waals surface area contributed by atoms with Crippen LogP contribution in [0.4, 0.5) is 11.5 Å². The summed E-state index contributed by atoms with van der Waals surface area (Å²) in [5.41, 5.74) is 9.98. The molecule has 8 heteroatoms. The second-order valence-electron chi connectivity index (χ2n) is 8.86. The molecule has 3 aromatic heterocycles. The van der Waals surface area contributed by atoms with E-state index in [0.717, 1.165) is 56.5 Å². The number of rotatable bonds is 9. The van der Waals surface area contributed by atoms with Crippen molar-refractivity contribution in [3.63, 3.8) is 0 Å². The van der Waals surface area contributed by atoms with E-state index in [-0.39, 0.29) is 5.91 Å². The highest BCUT2D eigenvalue weighted by Gasteiger charge is 2.17. The summed E-state index contributed by atoms with van der Waals surface area (Å²) in [4.78, 5) is 20.5. The van der Waals surface area contributed by atoms with Gasteiger partial charge in [-0.3, -0.25) is 4.79 Å². The van der Waals surface area contributed by atoms with E-state index < -0.39 is 0 Å². The van der Waals surface area contributed by atoms with Gasteiger partial charge in [-0.05, 0) is 53.7 Å². The van der Waals surface area contributed by atoms with E-state index in [2.05, 4.69) is 46.6 Å². The normalized spacial score (nSPS) is 11.7. The molecule has 0 saturated carbocycles. The van der Waals surface area contributed by atoms with Crippen LogP contribution in [0.5, 0.6) is 5.75 Å². The van der Waals surface area contributed by atoms with Crippen molar-refractivity contribution in [2.24, 2.45) is 0 Å². The first-order chi connectivity index (χ1) is 18.5. The van der Waals surface area contributed by atoms with Crippen LogP contribution >= 0.6 is 22.7 Å². The molecule has 6 nitrogen and oxygen atoms in total. The number of aromatic nitrogens is 1. The molecule has 2 aromatic carbocycles. The van der Waals surface area contributed by atoms with Crippen molar-refractivity contribution in [1.82, 2.24) is 9.88 Å². The number of amides is 1. The van der Waals surface area contributed by atoms with Gasteiger partial charge >= 0.3 is 0 Å². The smallest absolute Gasteiger partial charge is 0.265 e. The maximum Gasteiger partial charge on any atom is 0.265 e. The Morgan fingerprint density at radius 2 is 1.97 bits per heavy atom. The van der Waals surface area contributed by atoms with Crippen molar-refractivity contribution in [2.75, 3.05) is 37.8 Å². The van der Waals surface area contributed by atoms with Crippen LogP contribution in [0, 0.1) is 0 Å². The Balaban J connectivity index is 1.43. The molecule has 3 heterocycles. The number of ether oxygens (including phenoxy) is 1. The molecule has 3 N–H and O–H groups in total. The van der Waals surface area contributed by atoms with Crippen molar-refractivity contribution >= 4 is 66.3 Å². The van der Waals surface area contributed by atoms with Crippen molar-refractivity contribution in [2.45, 2.75) is 13.8 Å². The third-order valence-corrected chi connectivity index (χ3v) is 8.76. The summed E-state index contributed by atoms with van der Waals surface area (Å²) in [6.45, 7) is 7.26. The molecule has 5 aromatic rings. The van der Waals surface area contributed by atoms with Gasteiger partial charge in [-0.15, -0.1) is 22.7 Å². The van der Waals surface area contributed by atoms with E-state index in [9.17, 15) is 4.79 Å². The first-order valence-electron chi connectivity index (χ1n) is 12.5. The van der Waals surface area contributed by atoms with Gasteiger partial charge in [0.05, 0.1) is 17.7 Å². The van der Waals surface area contributed by atoms with Crippen LogP contribution in [0.25, 0.3) is 37.4 Å². The fraction of sp³-hybridized carbons (Fsp3) is 0.200. The molecule has 0 aliphatic carbocycles. The predicted molar refractivity (Wildman–Crippen MR) is 163 cm³/mol. The zero-order valence-corrected chi connectivity index (χ0v) is 23.3. The zero-order valence-electron chi connectivity index (χ0n) is 21.7. The van der Waals surface area contributed by atoms with Crippen LogP contribution < -0.4 is 15.8 Å². The molecule has 0 spiro atoms. The quantitative estimate of drug-likeness (QED) is 0.203. The van der Waals surface area contributed by atoms with Gasteiger partial charge < -0.3 is 20.7 Å². The number of likely N-dealkylation sites (N-methyl/N-ethyl adjacent to an activating group) is 1. The summed E-state index contributed by atoms with van der Waals surface area (Å²) in [5.74, 6) is 0.921. The highest BCUT2D eigenvalue weighted by Crippen LogP contribution is 2.41. The third kappa shape index (κ3) is 5.15. The maximum atomic E-state index is 13.0. The number of carbonyl (C=O) groups excluding carboxylic acids is 1. The summed E-state index contributed by atoms with van der Waals surface area (Å²) in [6.07, 6.45) is 6.14. The summed E-state index contributed by atoms with van der Waals surface area (Å²) < 4.78 is 7.85. The minimum atomic E-state index is -0.159. The number of benzene rings is 2. The molecule has 0 fully saturated rings. The van der Waals surface area contributed by atoms with Gasteiger partial charge in [-0.2, -0.15) is 0 Å². The zero-order chi connectivity index (χ0) is 26.6. The molecule has 1 amide bonds. The molecule has 0 radical (unpaired) electrons. The van der Waals surface area contributed by atoms with Crippen molar-refractivity contribution in [3.05, 3.63) is 76.6 Å². The van der Waals surface area contributed by atoms with Crippen molar-refractivity contribution in [1.29, 1.82) is 0 Å². The number of thiophene rings is 2. The molecular formula is C30H30N4O2S2. The SMILES string of the molecule is CCN(CC)C/C=C/c1cnc(N)c2c(-c3ccc(NC(=O)c4cc5ccccc5s4)c(OC)c3)csc12. The first kappa shape index (κ1) is 25.9. The lowest BCUT2D eigenvalue weighted by Gasteiger charge is -2.14. The van der Waals surface area contributed by atoms with Crippen LogP contribution in [-0.2, 0) is 0 Å². The maximum absolute atomic E-state index is 13.0. The highest BCUT2D eigenvalue weighted by molar-refractivity contribution is 7.21. The highest BCUT2D eigenvalue weighted by atomic mass is 32.1. The van der Waals surface area contributed by atoms with E-state index in [1.165, 1.54) is 11.3 Å². The number of fused-ring (bicyclic) bond motifs is 2. The number of nitrogens with one attached hydrogen (secondary N) is 1. The van der Waals surface area contributed by atoms with Gasteiger partial charge in [0.25, 0.3) is 5.91 Å². The Bertz CT molecular complexity index is 1600. The first-order valence-corrected chi connectivity index (χ1v) is 14.2. The van der Waals surface area contributed by atoms with Crippen LogP contribution in [0.2, 0.25) is 0 Å². The van der Waals surface area contributed by atoms with Gasteiger partial charge in [-0.25, -0.2) is 4.98 Å². The van der Waals surface area contributed by atoms with E-state index in [4.69, 9.17) is 10.5 Å². The van der Waals surface area contributed by atoms with Gasteiger partial charge in [-0.1, -0.05) is 50.3 Å². The Morgan fingerprint density at radius 3 is 2.74 bits per heavy atom. The molecule has 0 atom stereocenters. The van der Waals surface area contributed by atoms with E-state index in [1.807, 2.05) is 54.7 Å². The number of nitrogens with two attached hydrogens (primary N) is 1. The number of nitrogens with zero attached hydrogens (tertiary/aromatic N) is 2. The molecule has 0 unspecified atom stereocenters. The van der Waals surface area contributed by atoms with Crippen LogP contribution in [0.1, 0.15) is 29.1 Å². The van der Waals surface area contributed by atoms with Crippen molar-refractivity contribution < 1.29 is 9.53 Å². The lowest BCUT2D eigenvalue weighted by Crippen LogP contribution is -2.22. The third-order valence-electron chi connectivity index (χ3n) is 6.62. The van der Waals surface area contributed by atoms with Crippen LogP contribution in [0.15, 0.2) is 66.2 Å². The summed E-state index contributed by atoms with van der Waals surface area (Å²) in [7, 11) is 1.61. The standard InChI is InChI=1S/C30H30N4O2S2/c1-4-34(5-2)14-8-10-21-17-32-29(31)27-22(18-37-28(21)27)19-12-13-23(24(15-19)36-3)33-30(35)26-16-20-9-6-7-11-25(20)38-26/h6-13,15-18H,4-5,14H2,1-3H3,(H2,31,32)(H,33,35)/b10-8+. The number of nitrogen functional groups attached to an aromatic ring is 1. The Labute approximate surface area is 230 Å². The van der Waals surface area contributed by atoms with Crippen molar-refractivity contribution in [3.8, 4) is 16.9 Å². The summed E-state index contributed by atoms with van der Waals surface area (Å²) >= 11 is 3.13. The number of hydrogen-bond donors (Lipinski definition) is 2. The Morgan fingerprint density at radius 1 is 1.16 bits per heavy atom. The number of anilines is 2. The van der Waals surface area contributed by atoms with Gasteiger partial charge in [0.15, 0.2) is 0 Å². The van der Waals surface area contributed by atoms with Crippen LogP contribution in [0.3, 0.4) is 0 Å². The number of pyridine rings is 1.